The zero-order valence-electron chi connectivity index (χ0n) is 10.3. The minimum absolute atomic E-state index is 0.104. The molecule has 0 unspecified atom stereocenters. The summed E-state index contributed by atoms with van der Waals surface area (Å²) in [5.74, 6) is -0.469. The molecule has 1 aromatic carbocycles. The number of rotatable bonds is 6. The highest BCUT2D eigenvalue weighted by atomic mass is 32.2. The lowest BCUT2D eigenvalue weighted by molar-refractivity contribution is -0.119. The van der Waals surface area contributed by atoms with Crippen LogP contribution >= 0.6 is 0 Å². The van der Waals surface area contributed by atoms with Crippen LogP contribution in [-0.2, 0) is 14.8 Å². The molecule has 5 heteroatoms. The minimum Gasteiger partial charge on any atom is -0.274 e. The number of amides is 1. The lowest BCUT2D eigenvalue weighted by atomic mass is 10.2. The Morgan fingerprint density at radius 3 is 2.56 bits per heavy atom. The van der Waals surface area contributed by atoms with Crippen molar-refractivity contribution in [2.45, 2.75) is 31.1 Å². The summed E-state index contributed by atoms with van der Waals surface area (Å²) < 4.78 is 25.6. The van der Waals surface area contributed by atoms with Gasteiger partial charge in [-0.1, -0.05) is 30.4 Å². The largest absolute Gasteiger partial charge is 0.274 e. The topological polar surface area (TPSA) is 63.2 Å². The molecule has 0 atom stereocenters. The fourth-order valence-electron chi connectivity index (χ4n) is 1.41. The predicted molar refractivity (Wildman–Crippen MR) is 70.4 cm³/mol. The first kappa shape index (κ1) is 14.4. The van der Waals surface area contributed by atoms with Crippen molar-refractivity contribution in [3.05, 3.63) is 42.5 Å². The summed E-state index contributed by atoms with van der Waals surface area (Å²) in [5, 5.41) is 0. The van der Waals surface area contributed by atoms with E-state index in [1.54, 1.807) is 18.2 Å². The van der Waals surface area contributed by atoms with E-state index >= 15 is 0 Å². The molecule has 0 saturated carbocycles. The number of carbonyl (C=O) groups is 1. The molecule has 0 spiro atoms. The second-order valence-electron chi connectivity index (χ2n) is 3.80. The zero-order valence-corrected chi connectivity index (χ0v) is 11.1. The summed E-state index contributed by atoms with van der Waals surface area (Å²) in [6.07, 6.45) is 5.46. The van der Waals surface area contributed by atoms with Crippen LogP contribution in [0.4, 0.5) is 0 Å². The van der Waals surface area contributed by atoms with Gasteiger partial charge in [-0.2, -0.15) is 0 Å². The highest BCUT2D eigenvalue weighted by Crippen LogP contribution is 2.07. The van der Waals surface area contributed by atoms with E-state index in [4.69, 9.17) is 0 Å². The third-order valence-electron chi connectivity index (χ3n) is 2.31. The van der Waals surface area contributed by atoms with Gasteiger partial charge in [-0.3, -0.25) is 4.79 Å². The Hall–Kier alpha value is -1.62. The molecular formula is C13H17NO3S. The van der Waals surface area contributed by atoms with Crippen LogP contribution in [0, 0.1) is 0 Å². The standard InChI is InChI=1S/C13H17NO3S/c1-2-3-4-8-11-13(15)14-18(16,17)12-9-6-5-7-10-12/h2-3,5-7,9-10H,4,8,11H2,1H3,(H,14,15). The number of nitrogens with one attached hydrogen (secondary N) is 1. The van der Waals surface area contributed by atoms with Gasteiger partial charge in [-0.05, 0) is 31.9 Å². The summed E-state index contributed by atoms with van der Waals surface area (Å²) in [6.45, 7) is 1.90. The highest BCUT2D eigenvalue weighted by molar-refractivity contribution is 7.90. The first-order chi connectivity index (χ1) is 8.56. The number of sulfonamides is 1. The van der Waals surface area contributed by atoms with Gasteiger partial charge in [0, 0.05) is 6.42 Å². The Morgan fingerprint density at radius 1 is 1.28 bits per heavy atom. The number of unbranched alkanes of at least 4 members (excludes halogenated alkanes) is 1. The molecule has 0 radical (unpaired) electrons. The van der Waals surface area contributed by atoms with E-state index in [-0.39, 0.29) is 11.3 Å². The van der Waals surface area contributed by atoms with E-state index in [1.807, 2.05) is 19.1 Å². The number of allylic oxidation sites excluding steroid dienone is 2. The fraction of sp³-hybridized carbons (Fsp3) is 0.308. The van der Waals surface area contributed by atoms with Crippen molar-refractivity contribution in [2.24, 2.45) is 0 Å². The van der Waals surface area contributed by atoms with Crippen LogP contribution in [0.2, 0.25) is 0 Å². The summed E-state index contributed by atoms with van der Waals surface area (Å²) in [4.78, 5) is 11.6. The Labute approximate surface area is 108 Å². The predicted octanol–water partition coefficient (Wildman–Crippen LogP) is 2.24. The average Bonchev–Trinajstić information content (AvgIpc) is 2.35. The highest BCUT2D eigenvalue weighted by Gasteiger charge is 2.16. The van der Waals surface area contributed by atoms with E-state index in [9.17, 15) is 13.2 Å². The van der Waals surface area contributed by atoms with Crippen molar-refractivity contribution in [3.63, 3.8) is 0 Å². The minimum atomic E-state index is -3.72. The van der Waals surface area contributed by atoms with E-state index in [2.05, 4.69) is 4.72 Å². The molecule has 0 bridgehead atoms. The van der Waals surface area contributed by atoms with Crippen molar-refractivity contribution in [1.29, 1.82) is 0 Å². The molecule has 98 valence electrons. The first-order valence-electron chi connectivity index (χ1n) is 5.78. The SMILES string of the molecule is CC=CCCCC(=O)NS(=O)(=O)c1ccccc1. The van der Waals surface area contributed by atoms with Crippen molar-refractivity contribution in [3.8, 4) is 0 Å². The van der Waals surface area contributed by atoms with Crippen LogP contribution in [0.1, 0.15) is 26.2 Å². The quantitative estimate of drug-likeness (QED) is 0.635. The second kappa shape index (κ2) is 6.96. The van der Waals surface area contributed by atoms with Crippen molar-refractivity contribution >= 4 is 15.9 Å². The summed E-state index contributed by atoms with van der Waals surface area (Å²) in [6, 6.07) is 7.86. The zero-order chi connectivity index (χ0) is 13.4. The summed E-state index contributed by atoms with van der Waals surface area (Å²) in [5.41, 5.74) is 0. The van der Waals surface area contributed by atoms with Gasteiger partial charge in [0.1, 0.15) is 0 Å². The molecule has 1 N–H and O–H groups in total. The molecule has 0 aliphatic heterocycles. The van der Waals surface area contributed by atoms with Crippen LogP contribution in [0.15, 0.2) is 47.4 Å². The van der Waals surface area contributed by atoms with Gasteiger partial charge in [0.15, 0.2) is 0 Å². The maximum absolute atomic E-state index is 11.8. The summed E-state index contributed by atoms with van der Waals surface area (Å²) >= 11 is 0. The Bertz CT molecular complexity index is 506. The van der Waals surface area contributed by atoms with Gasteiger partial charge in [0.05, 0.1) is 4.90 Å². The van der Waals surface area contributed by atoms with E-state index in [0.29, 0.717) is 6.42 Å². The fourth-order valence-corrected chi connectivity index (χ4v) is 2.44. The van der Waals surface area contributed by atoms with Crippen LogP contribution in [-0.4, -0.2) is 14.3 Å². The molecule has 0 fully saturated rings. The van der Waals surface area contributed by atoms with Crippen LogP contribution in [0.5, 0.6) is 0 Å². The molecule has 1 rings (SSSR count). The monoisotopic (exact) mass is 267 g/mol. The van der Waals surface area contributed by atoms with E-state index in [0.717, 1.165) is 6.42 Å². The van der Waals surface area contributed by atoms with Crippen molar-refractivity contribution in [1.82, 2.24) is 4.72 Å². The maximum atomic E-state index is 11.8. The van der Waals surface area contributed by atoms with Gasteiger partial charge in [0.25, 0.3) is 10.0 Å². The third kappa shape index (κ3) is 4.71. The Kier molecular flexibility index (Phi) is 5.58. The smallest absolute Gasteiger partial charge is 0.264 e. The molecule has 1 amide bonds. The molecule has 18 heavy (non-hydrogen) atoms. The number of benzene rings is 1. The first-order valence-corrected chi connectivity index (χ1v) is 7.26. The van der Waals surface area contributed by atoms with Gasteiger partial charge in [-0.25, -0.2) is 13.1 Å². The number of hydrogen-bond donors (Lipinski definition) is 1. The third-order valence-corrected chi connectivity index (χ3v) is 3.70. The normalized spacial score (nSPS) is 11.6. The molecular weight excluding hydrogens is 250 g/mol. The number of carbonyl (C=O) groups excluding carboxylic acids is 1. The van der Waals surface area contributed by atoms with Crippen LogP contribution in [0.25, 0.3) is 0 Å². The molecule has 4 nitrogen and oxygen atoms in total. The van der Waals surface area contributed by atoms with Crippen molar-refractivity contribution in [2.75, 3.05) is 0 Å². The maximum Gasteiger partial charge on any atom is 0.264 e. The molecule has 0 saturated heterocycles. The Morgan fingerprint density at radius 2 is 1.94 bits per heavy atom. The van der Waals surface area contributed by atoms with Crippen LogP contribution in [0.3, 0.4) is 0 Å². The molecule has 0 aliphatic carbocycles. The Balaban J connectivity index is 2.54. The van der Waals surface area contributed by atoms with Crippen molar-refractivity contribution < 1.29 is 13.2 Å². The van der Waals surface area contributed by atoms with Gasteiger partial charge in [0.2, 0.25) is 5.91 Å². The molecule has 0 heterocycles. The number of hydrogen-bond acceptors (Lipinski definition) is 3. The van der Waals surface area contributed by atoms with E-state index < -0.39 is 15.9 Å². The lowest BCUT2D eigenvalue weighted by Gasteiger charge is -2.06. The second-order valence-corrected chi connectivity index (χ2v) is 5.49. The lowest BCUT2D eigenvalue weighted by Crippen LogP contribution is -2.30. The van der Waals surface area contributed by atoms with Crippen LogP contribution < -0.4 is 4.72 Å². The average molecular weight is 267 g/mol. The molecule has 0 aromatic heterocycles. The molecule has 0 aliphatic rings. The summed E-state index contributed by atoms with van der Waals surface area (Å²) in [7, 11) is -3.72. The van der Waals surface area contributed by atoms with E-state index in [1.165, 1.54) is 12.1 Å². The van der Waals surface area contributed by atoms with Gasteiger partial charge < -0.3 is 0 Å². The van der Waals surface area contributed by atoms with Gasteiger partial charge in [-0.15, -0.1) is 0 Å². The molecule has 1 aromatic rings. The van der Waals surface area contributed by atoms with Gasteiger partial charge >= 0.3 is 0 Å².